The standard InChI is InChI=1S/C24H18ClN5O/c25-19-3-1-2-16(12-19)14-30-15-18-5-4-17(13-21(18)23(30)31)22-8-11-27-24(29-22)28-20-6-9-26-10-7-20/h1-13H,14-15H2,(H,26,27,28,29). The molecule has 0 unspecified atom stereocenters. The molecular weight excluding hydrogens is 410 g/mol. The summed E-state index contributed by atoms with van der Waals surface area (Å²) in [6.45, 7) is 1.11. The molecule has 0 aliphatic carbocycles. The number of anilines is 2. The van der Waals surface area contributed by atoms with E-state index in [0.29, 0.717) is 29.6 Å². The Hall–Kier alpha value is -3.77. The van der Waals surface area contributed by atoms with Crippen LogP contribution in [0, 0.1) is 0 Å². The van der Waals surface area contributed by atoms with Crippen molar-refractivity contribution in [3.8, 4) is 11.3 Å². The molecule has 6 nitrogen and oxygen atoms in total. The summed E-state index contributed by atoms with van der Waals surface area (Å²) >= 11 is 6.08. The van der Waals surface area contributed by atoms with Crippen molar-refractivity contribution < 1.29 is 4.79 Å². The van der Waals surface area contributed by atoms with Crippen LogP contribution in [0.25, 0.3) is 11.3 Å². The topological polar surface area (TPSA) is 71.0 Å². The third kappa shape index (κ3) is 4.11. The second kappa shape index (κ2) is 8.16. The second-order valence-corrected chi connectivity index (χ2v) is 7.73. The van der Waals surface area contributed by atoms with E-state index >= 15 is 0 Å². The van der Waals surface area contributed by atoms with Gasteiger partial charge in [0.2, 0.25) is 5.95 Å². The van der Waals surface area contributed by atoms with Gasteiger partial charge in [0, 0.05) is 53.5 Å². The number of amides is 1. The normalized spacial score (nSPS) is 12.7. The number of pyridine rings is 1. The smallest absolute Gasteiger partial charge is 0.254 e. The lowest BCUT2D eigenvalue weighted by atomic mass is 10.0. The van der Waals surface area contributed by atoms with Crippen LogP contribution in [0.2, 0.25) is 5.02 Å². The zero-order valence-corrected chi connectivity index (χ0v) is 17.3. The third-order valence-corrected chi connectivity index (χ3v) is 5.37. The van der Waals surface area contributed by atoms with Crippen LogP contribution in [0.5, 0.6) is 0 Å². The van der Waals surface area contributed by atoms with Gasteiger partial charge in [0.05, 0.1) is 5.69 Å². The second-order valence-electron chi connectivity index (χ2n) is 7.29. The fraction of sp³-hybridized carbons (Fsp3) is 0.0833. The molecule has 1 aliphatic heterocycles. The summed E-state index contributed by atoms with van der Waals surface area (Å²) in [5.41, 5.74) is 5.21. The Morgan fingerprint density at radius 3 is 2.71 bits per heavy atom. The van der Waals surface area contributed by atoms with Gasteiger partial charge in [-0.05, 0) is 47.5 Å². The molecule has 4 aromatic rings. The minimum atomic E-state index is 0.0148. The van der Waals surface area contributed by atoms with Crippen LogP contribution in [-0.4, -0.2) is 25.8 Å². The van der Waals surface area contributed by atoms with Crippen molar-refractivity contribution in [1.82, 2.24) is 19.9 Å². The van der Waals surface area contributed by atoms with Crippen molar-refractivity contribution in [2.24, 2.45) is 0 Å². The SMILES string of the molecule is O=C1c2cc(-c3ccnc(Nc4ccncc4)n3)ccc2CN1Cc1cccc(Cl)c1. The summed E-state index contributed by atoms with van der Waals surface area (Å²) in [5.74, 6) is 0.499. The first-order valence-electron chi connectivity index (χ1n) is 9.83. The first-order chi connectivity index (χ1) is 15.2. The molecule has 1 N–H and O–H groups in total. The highest BCUT2D eigenvalue weighted by Crippen LogP contribution is 2.29. The lowest BCUT2D eigenvalue weighted by Crippen LogP contribution is -2.23. The first kappa shape index (κ1) is 19.2. The molecule has 2 aromatic carbocycles. The Balaban J connectivity index is 1.38. The van der Waals surface area contributed by atoms with Crippen molar-refractivity contribution in [3.63, 3.8) is 0 Å². The number of fused-ring (bicyclic) bond motifs is 1. The molecule has 1 amide bonds. The number of benzene rings is 2. The van der Waals surface area contributed by atoms with E-state index in [9.17, 15) is 4.79 Å². The van der Waals surface area contributed by atoms with Gasteiger partial charge < -0.3 is 10.2 Å². The molecule has 0 atom stereocenters. The number of aromatic nitrogens is 3. The highest BCUT2D eigenvalue weighted by molar-refractivity contribution is 6.30. The van der Waals surface area contributed by atoms with Crippen LogP contribution >= 0.6 is 11.6 Å². The van der Waals surface area contributed by atoms with Crippen LogP contribution < -0.4 is 5.32 Å². The number of halogens is 1. The number of hydrogen-bond donors (Lipinski definition) is 1. The summed E-state index contributed by atoms with van der Waals surface area (Å²) in [4.78, 5) is 27.7. The number of carbonyl (C=O) groups excluding carboxylic acids is 1. The van der Waals surface area contributed by atoms with Crippen molar-refractivity contribution >= 4 is 29.1 Å². The van der Waals surface area contributed by atoms with E-state index in [1.165, 1.54) is 0 Å². The molecule has 0 fully saturated rings. The van der Waals surface area contributed by atoms with Gasteiger partial charge in [0.1, 0.15) is 0 Å². The lowest BCUT2D eigenvalue weighted by Gasteiger charge is -2.15. The highest BCUT2D eigenvalue weighted by atomic mass is 35.5. The number of nitrogens with zero attached hydrogens (tertiary/aromatic N) is 4. The van der Waals surface area contributed by atoms with E-state index < -0.39 is 0 Å². The van der Waals surface area contributed by atoms with E-state index in [0.717, 1.165) is 28.1 Å². The van der Waals surface area contributed by atoms with Crippen LogP contribution in [0.1, 0.15) is 21.5 Å². The van der Waals surface area contributed by atoms with Crippen LogP contribution in [0.4, 0.5) is 11.6 Å². The van der Waals surface area contributed by atoms with E-state index in [-0.39, 0.29) is 5.91 Å². The van der Waals surface area contributed by atoms with Gasteiger partial charge in [0.15, 0.2) is 0 Å². The average Bonchev–Trinajstić information content (AvgIpc) is 3.09. The quantitative estimate of drug-likeness (QED) is 0.480. The maximum Gasteiger partial charge on any atom is 0.254 e. The first-order valence-corrected chi connectivity index (χ1v) is 10.2. The lowest BCUT2D eigenvalue weighted by molar-refractivity contribution is 0.0766. The molecule has 152 valence electrons. The van der Waals surface area contributed by atoms with E-state index in [1.807, 2.05) is 65.6 Å². The number of hydrogen-bond acceptors (Lipinski definition) is 5. The fourth-order valence-corrected chi connectivity index (χ4v) is 3.86. The zero-order chi connectivity index (χ0) is 21.2. The summed E-state index contributed by atoms with van der Waals surface area (Å²) < 4.78 is 0. The van der Waals surface area contributed by atoms with Gasteiger partial charge in [0.25, 0.3) is 5.91 Å². The van der Waals surface area contributed by atoms with Crippen LogP contribution in [0.15, 0.2) is 79.3 Å². The van der Waals surface area contributed by atoms with Crippen molar-refractivity contribution in [1.29, 1.82) is 0 Å². The maximum atomic E-state index is 13.0. The summed E-state index contributed by atoms with van der Waals surface area (Å²) in [7, 11) is 0. The van der Waals surface area contributed by atoms with Crippen molar-refractivity contribution in [3.05, 3.63) is 101 Å². The van der Waals surface area contributed by atoms with E-state index in [1.54, 1.807) is 18.6 Å². The minimum absolute atomic E-state index is 0.0148. The molecule has 0 bridgehead atoms. The summed E-state index contributed by atoms with van der Waals surface area (Å²) in [5, 5.41) is 3.84. The van der Waals surface area contributed by atoms with E-state index in [2.05, 4.69) is 20.3 Å². The number of nitrogens with one attached hydrogen (secondary N) is 1. The average molecular weight is 428 g/mol. The molecule has 0 saturated carbocycles. The summed E-state index contributed by atoms with van der Waals surface area (Å²) in [6, 6.07) is 19.0. The molecule has 31 heavy (non-hydrogen) atoms. The Kier molecular flexibility index (Phi) is 5.06. The fourth-order valence-electron chi connectivity index (χ4n) is 3.65. The largest absolute Gasteiger partial charge is 0.330 e. The van der Waals surface area contributed by atoms with Crippen molar-refractivity contribution in [2.45, 2.75) is 13.1 Å². The van der Waals surface area contributed by atoms with Gasteiger partial charge in [-0.3, -0.25) is 9.78 Å². The molecule has 1 aliphatic rings. The van der Waals surface area contributed by atoms with Crippen LogP contribution in [-0.2, 0) is 13.1 Å². The zero-order valence-electron chi connectivity index (χ0n) is 16.5. The Labute approximate surface area is 184 Å². The molecular formula is C24H18ClN5O. The molecule has 7 heteroatoms. The Morgan fingerprint density at radius 2 is 1.87 bits per heavy atom. The monoisotopic (exact) mass is 427 g/mol. The third-order valence-electron chi connectivity index (χ3n) is 5.14. The van der Waals surface area contributed by atoms with Gasteiger partial charge in [-0.1, -0.05) is 35.9 Å². The molecule has 5 rings (SSSR count). The van der Waals surface area contributed by atoms with Crippen molar-refractivity contribution in [2.75, 3.05) is 5.32 Å². The predicted molar refractivity (Wildman–Crippen MR) is 120 cm³/mol. The Morgan fingerprint density at radius 1 is 1.00 bits per heavy atom. The maximum absolute atomic E-state index is 13.0. The summed E-state index contributed by atoms with van der Waals surface area (Å²) in [6.07, 6.45) is 5.10. The molecule has 0 radical (unpaired) electrons. The predicted octanol–water partition coefficient (Wildman–Crippen LogP) is 5.09. The number of rotatable bonds is 5. The number of carbonyl (C=O) groups is 1. The molecule has 0 spiro atoms. The van der Waals surface area contributed by atoms with Gasteiger partial charge in [-0.15, -0.1) is 0 Å². The van der Waals surface area contributed by atoms with Gasteiger partial charge >= 0.3 is 0 Å². The van der Waals surface area contributed by atoms with E-state index in [4.69, 9.17) is 11.6 Å². The van der Waals surface area contributed by atoms with Crippen LogP contribution in [0.3, 0.4) is 0 Å². The Bertz CT molecular complexity index is 1260. The van der Waals surface area contributed by atoms with Gasteiger partial charge in [-0.2, -0.15) is 0 Å². The highest BCUT2D eigenvalue weighted by Gasteiger charge is 2.27. The minimum Gasteiger partial charge on any atom is -0.330 e. The molecule has 3 heterocycles. The molecule has 2 aromatic heterocycles. The molecule has 0 saturated heterocycles. The van der Waals surface area contributed by atoms with Gasteiger partial charge in [-0.25, -0.2) is 9.97 Å².